The first-order chi connectivity index (χ1) is 8.12. The summed E-state index contributed by atoms with van der Waals surface area (Å²) in [5.41, 5.74) is 8.11. The predicted molar refractivity (Wildman–Crippen MR) is 56.3 cm³/mol. The van der Waals surface area contributed by atoms with E-state index in [2.05, 4.69) is 15.1 Å². The second-order valence-electron chi connectivity index (χ2n) is 3.28. The zero-order valence-electron chi connectivity index (χ0n) is 11.0. The molecule has 1 aliphatic heterocycles. The molecule has 6 nitrogen and oxygen atoms in total. The van der Waals surface area contributed by atoms with Crippen molar-refractivity contribution in [3.05, 3.63) is 10.4 Å². The topological polar surface area (TPSA) is 98.5 Å². The first-order valence-corrected chi connectivity index (χ1v) is 4.75. The van der Waals surface area contributed by atoms with Crippen LogP contribution in [0.3, 0.4) is 0 Å². The Hall–Kier alpha value is -0.810. The van der Waals surface area contributed by atoms with Gasteiger partial charge in [-0.05, 0) is 25.8 Å². The van der Waals surface area contributed by atoms with Crippen LogP contribution in [-0.4, -0.2) is 43.6 Å². The Morgan fingerprint density at radius 1 is 1.73 bits per heavy atom. The molecule has 1 rings (SSSR count). The molecule has 6 heteroatoms. The third-order valence-electron chi connectivity index (χ3n) is 2.41. The van der Waals surface area contributed by atoms with Crippen molar-refractivity contribution in [2.24, 2.45) is 11.0 Å². The van der Waals surface area contributed by atoms with Crippen LogP contribution in [0.4, 0.5) is 0 Å². The third kappa shape index (κ3) is 4.05. The summed E-state index contributed by atoms with van der Waals surface area (Å²) < 4.78 is 18.4. The van der Waals surface area contributed by atoms with Crippen molar-refractivity contribution in [3.8, 4) is 0 Å². The number of azide groups is 1. The fourth-order valence-corrected chi connectivity index (χ4v) is 1.63. The Morgan fingerprint density at radius 3 is 2.93 bits per heavy atom. The number of ether oxygens (including phenoxy) is 1. The molecule has 0 radical (unpaired) electrons. The van der Waals surface area contributed by atoms with Crippen molar-refractivity contribution in [2.45, 2.75) is 38.6 Å². The first kappa shape index (κ1) is 10.7. The van der Waals surface area contributed by atoms with E-state index in [0.29, 0.717) is 13.0 Å². The molecule has 1 unspecified atom stereocenters. The number of rotatable bonds is 3. The first-order valence-electron chi connectivity index (χ1n) is 5.86. The van der Waals surface area contributed by atoms with Gasteiger partial charge in [0.05, 0.1) is 18.3 Å². The van der Waals surface area contributed by atoms with Crippen LogP contribution in [0.25, 0.3) is 10.4 Å². The van der Waals surface area contributed by atoms with E-state index in [4.69, 9.17) is 13.1 Å². The average molecular weight is 220 g/mol. The van der Waals surface area contributed by atoms with Crippen LogP contribution in [0.5, 0.6) is 0 Å². The summed E-state index contributed by atoms with van der Waals surface area (Å²) in [6.45, 7) is 2.29. The van der Waals surface area contributed by atoms with E-state index in [9.17, 15) is 5.11 Å². The van der Waals surface area contributed by atoms with Gasteiger partial charge in [0.25, 0.3) is 0 Å². The fraction of sp³-hybridized carbons (Fsp3) is 1.00. The van der Waals surface area contributed by atoms with Gasteiger partial charge in [-0.15, -0.1) is 0 Å². The molecule has 4 atom stereocenters. The summed E-state index contributed by atoms with van der Waals surface area (Å²) in [6, 6.07) is 0. The van der Waals surface area contributed by atoms with Gasteiger partial charge in [0.1, 0.15) is 0 Å². The fourth-order valence-electron chi connectivity index (χ4n) is 1.63. The quantitative estimate of drug-likeness (QED) is 0.423. The maximum absolute atomic E-state index is 9.72. The molecule has 0 aromatic carbocycles. The van der Waals surface area contributed by atoms with Gasteiger partial charge in [-0.25, -0.2) is 0 Å². The van der Waals surface area contributed by atoms with Crippen molar-refractivity contribution in [2.75, 3.05) is 13.7 Å². The monoisotopic (exact) mass is 220 g/mol. The zero-order chi connectivity index (χ0) is 13.3. The lowest BCUT2D eigenvalue weighted by atomic mass is 9.94. The Bertz CT molecular complexity index is 252. The van der Waals surface area contributed by atoms with E-state index >= 15 is 0 Å². The molecule has 0 aromatic heterocycles. The Balaban J connectivity index is 0.000000770. The Morgan fingerprint density at radius 2 is 2.40 bits per heavy atom. The molecule has 1 aliphatic rings. The number of aliphatic hydroxyl groups excluding tert-OH is 2. The Kier molecular flexibility index (Phi) is 5.33. The predicted octanol–water partition coefficient (Wildman–Crippen LogP) is 1.08. The zero-order valence-corrected chi connectivity index (χ0v) is 9.04. The van der Waals surface area contributed by atoms with Gasteiger partial charge in [-0.3, -0.25) is 0 Å². The minimum absolute atomic E-state index is 0.0759. The van der Waals surface area contributed by atoms with E-state index < -0.39 is 6.10 Å². The van der Waals surface area contributed by atoms with E-state index in [1.54, 1.807) is 6.92 Å². The van der Waals surface area contributed by atoms with E-state index in [1.807, 2.05) is 0 Å². The summed E-state index contributed by atoms with van der Waals surface area (Å²) in [7, 11) is 1.29. The molecule has 15 heavy (non-hydrogen) atoms. The van der Waals surface area contributed by atoms with Gasteiger partial charge in [-0.1, -0.05) is 5.11 Å². The molecular formula is C9H19N3O3. The lowest BCUT2D eigenvalue weighted by Crippen LogP contribution is -2.25. The van der Waals surface area contributed by atoms with Crippen molar-refractivity contribution in [1.82, 2.24) is 0 Å². The van der Waals surface area contributed by atoms with Crippen LogP contribution in [0.15, 0.2) is 5.11 Å². The van der Waals surface area contributed by atoms with Gasteiger partial charge in [0, 0.05) is 25.9 Å². The van der Waals surface area contributed by atoms with Crippen LogP contribution in [-0.2, 0) is 4.74 Å². The van der Waals surface area contributed by atoms with Crippen LogP contribution >= 0.6 is 0 Å². The highest BCUT2D eigenvalue weighted by Crippen LogP contribution is 2.29. The second-order valence-corrected chi connectivity index (χ2v) is 3.28. The summed E-state index contributed by atoms with van der Waals surface area (Å²) in [5, 5.41) is 16.6. The molecule has 0 spiro atoms. The molecule has 1 heterocycles. The summed E-state index contributed by atoms with van der Waals surface area (Å²) >= 11 is 0. The van der Waals surface area contributed by atoms with Crippen LogP contribution in [0.2, 0.25) is 0 Å². The largest absolute Gasteiger partial charge is 0.400 e. The van der Waals surface area contributed by atoms with Gasteiger partial charge >= 0.3 is 0 Å². The van der Waals surface area contributed by atoms with E-state index in [1.165, 1.54) is 7.11 Å². The second kappa shape index (κ2) is 7.48. The SMILES string of the molecule is [2H]C[C@H]1O[C@@H](C)C(O)[C@H]1CCN=[N+]=[N-].[3H]OC. The van der Waals surface area contributed by atoms with Crippen molar-refractivity contribution < 1.29 is 16.3 Å². The number of aliphatic hydroxyl groups is 2. The van der Waals surface area contributed by atoms with E-state index in [-0.39, 0.29) is 25.0 Å². The minimum atomic E-state index is -0.542. The lowest BCUT2D eigenvalue weighted by Gasteiger charge is -2.15. The maximum Gasteiger partial charge on any atom is 0.210 e. The highest BCUT2D eigenvalue weighted by Gasteiger charge is 2.37. The van der Waals surface area contributed by atoms with E-state index in [0.717, 1.165) is 0 Å². The number of nitrogens with zero attached hydrogens (tertiary/aromatic N) is 3. The average Bonchev–Trinajstić information content (AvgIpc) is 2.58. The normalized spacial score (nSPS) is 35.7. The molecule has 0 bridgehead atoms. The highest BCUT2D eigenvalue weighted by atomic mass is 16.5. The number of hydrogen-bond acceptors (Lipinski definition) is 4. The van der Waals surface area contributed by atoms with Crippen LogP contribution in [0, 0.1) is 5.92 Å². The molecule has 2 N–H and O–H groups in total. The van der Waals surface area contributed by atoms with Gasteiger partial charge < -0.3 is 15.0 Å². The molecule has 88 valence electrons. The molecule has 0 aliphatic carbocycles. The molecule has 0 saturated carbocycles. The third-order valence-corrected chi connectivity index (χ3v) is 2.41. The summed E-state index contributed by atoms with van der Waals surface area (Å²) in [6.07, 6.45) is -0.409. The number of hydrogen-bond donors (Lipinski definition) is 2. The van der Waals surface area contributed by atoms with Crippen LogP contribution < -0.4 is 0 Å². The van der Waals surface area contributed by atoms with Crippen molar-refractivity contribution in [1.29, 1.82) is 1.43 Å². The van der Waals surface area contributed by atoms with Crippen molar-refractivity contribution >= 4 is 0 Å². The standard InChI is InChI=1S/C8H15N3O2.CH4O/c1-5-7(3-4-10-11-9)8(12)6(2)13-5;1-2/h5-8,12H,3-4H2,1-2H3;2H,1H3/t5-,6+,7+,8?;/m1./s1/i1D;2T. The van der Waals surface area contributed by atoms with Gasteiger partial charge in [-0.2, -0.15) is 0 Å². The lowest BCUT2D eigenvalue weighted by molar-refractivity contribution is 0.0287. The summed E-state index contributed by atoms with van der Waals surface area (Å²) in [4.78, 5) is 2.65. The molecule has 1 fully saturated rings. The molecule has 0 aromatic rings. The van der Waals surface area contributed by atoms with Gasteiger partial charge in [0.2, 0.25) is 1.43 Å². The van der Waals surface area contributed by atoms with Gasteiger partial charge in [0.15, 0.2) is 0 Å². The smallest absolute Gasteiger partial charge is 0.210 e. The molecule has 1 saturated heterocycles. The molecule has 0 amide bonds. The minimum Gasteiger partial charge on any atom is -0.400 e. The van der Waals surface area contributed by atoms with Crippen LogP contribution in [0.1, 0.15) is 21.6 Å². The Labute approximate surface area is 92.4 Å². The maximum atomic E-state index is 9.72. The van der Waals surface area contributed by atoms with Crippen molar-refractivity contribution in [3.63, 3.8) is 0 Å². The highest BCUT2D eigenvalue weighted by molar-refractivity contribution is 4.86. The summed E-state index contributed by atoms with van der Waals surface area (Å²) in [5.74, 6) is -0.0759. The molecular weight excluding hydrogens is 198 g/mol.